The Morgan fingerprint density at radius 3 is 2.67 bits per heavy atom. The maximum atomic E-state index is 6.20. The van der Waals surface area contributed by atoms with Gasteiger partial charge in [-0.15, -0.1) is 0 Å². The van der Waals surface area contributed by atoms with Crippen molar-refractivity contribution in [3.63, 3.8) is 0 Å². The van der Waals surface area contributed by atoms with Crippen molar-refractivity contribution in [1.29, 1.82) is 0 Å². The van der Waals surface area contributed by atoms with Crippen LogP contribution in [0.25, 0.3) is 0 Å². The highest BCUT2D eigenvalue weighted by atomic mass is 16.5. The van der Waals surface area contributed by atoms with E-state index in [1.54, 1.807) is 7.11 Å². The second-order valence-corrected chi connectivity index (χ2v) is 5.01. The second-order valence-electron chi connectivity index (χ2n) is 5.01. The van der Waals surface area contributed by atoms with Crippen LogP contribution in [-0.2, 0) is 4.74 Å². The molecule has 2 N–H and O–H groups in total. The van der Waals surface area contributed by atoms with Gasteiger partial charge in [0.2, 0.25) is 0 Å². The first-order valence-corrected chi connectivity index (χ1v) is 6.76. The minimum Gasteiger partial charge on any atom is -0.496 e. The Morgan fingerprint density at radius 2 is 2.06 bits per heavy atom. The van der Waals surface area contributed by atoms with Crippen molar-refractivity contribution < 1.29 is 9.47 Å². The molecule has 0 bridgehead atoms. The van der Waals surface area contributed by atoms with E-state index in [-0.39, 0.29) is 12.1 Å². The van der Waals surface area contributed by atoms with E-state index < -0.39 is 0 Å². The molecule has 0 heterocycles. The Bertz CT molecular complexity index is 377. The van der Waals surface area contributed by atoms with Gasteiger partial charge in [-0.2, -0.15) is 0 Å². The lowest BCUT2D eigenvalue weighted by atomic mass is 10.00. The molecule has 1 aromatic carbocycles. The highest BCUT2D eigenvalue weighted by Crippen LogP contribution is 2.34. The molecule has 2 rings (SSSR count). The van der Waals surface area contributed by atoms with Crippen LogP contribution >= 0.6 is 0 Å². The highest BCUT2D eigenvalue weighted by molar-refractivity contribution is 5.35. The average molecular weight is 249 g/mol. The van der Waals surface area contributed by atoms with Crippen molar-refractivity contribution in [3.05, 3.63) is 29.8 Å². The third-order valence-corrected chi connectivity index (χ3v) is 3.51. The van der Waals surface area contributed by atoms with Crippen molar-refractivity contribution in [3.8, 4) is 5.75 Å². The molecule has 1 aliphatic rings. The van der Waals surface area contributed by atoms with Gasteiger partial charge in [-0.3, -0.25) is 0 Å². The summed E-state index contributed by atoms with van der Waals surface area (Å²) in [7, 11) is 1.69. The molecule has 0 aromatic heterocycles. The van der Waals surface area contributed by atoms with Gasteiger partial charge in [-0.05, 0) is 31.2 Å². The van der Waals surface area contributed by atoms with Gasteiger partial charge in [0, 0.05) is 11.6 Å². The van der Waals surface area contributed by atoms with Crippen LogP contribution in [0.1, 0.15) is 37.9 Å². The van der Waals surface area contributed by atoms with Gasteiger partial charge < -0.3 is 15.2 Å². The molecule has 0 saturated heterocycles. The van der Waals surface area contributed by atoms with Crippen LogP contribution in [0.5, 0.6) is 5.75 Å². The first-order chi connectivity index (χ1) is 8.76. The van der Waals surface area contributed by atoms with Gasteiger partial charge in [-0.1, -0.05) is 25.1 Å². The molecule has 2 unspecified atom stereocenters. The van der Waals surface area contributed by atoms with E-state index in [2.05, 4.69) is 6.92 Å². The Morgan fingerprint density at radius 1 is 1.33 bits per heavy atom. The van der Waals surface area contributed by atoms with E-state index in [1.165, 1.54) is 12.8 Å². The molecule has 100 valence electrons. The molecule has 0 radical (unpaired) electrons. The molecule has 0 spiro atoms. The minimum atomic E-state index is -0.0632. The van der Waals surface area contributed by atoms with Crippen LogP contribution in [0.3, 0.4) is 0 Å². The van der Waals surface area contributed by atoms with Gasteiger partial charge in [0.15, 0.2) is 0 Å². The zero-order valence-corrected chi connectivity index (χ0v) is 11.3. The summed E-state index contributed by atoms with van der Waals surface area (Å²) in [6.07, 6.45) is 3.42. The summed E-state index contributed by atoms with van der Waals surface area (Å²) < 4.78 is 11.5. The molecule has 1 aliphatic carbocycles. The van der Waals surface area contributed by atoms with Crippen molar-refractivity contribution >= 4 is 0 Å². The van der Waals surface area contributed by atoms with Crippen LogP contribution in [0.2, 0.25) is 0 Å². The largest absolute Gasteiger partial charge is 0.496 e. The minimum absolute atomic E-state index is 0.0139. The van der Waals surface area contributed by atoms with E-state index >= 15 is 0 Å². The van der Waals surface area contributed by atoms with E-state index in [0.717, 1.165) is 30.3 Å². The fourth-order valence-electron chi connectivity index (χ4n) is 2.08. The molecule has 0 aliphatic heterocycles. The number of nitrogens with two attached hydrogens (primary N) is 1. The molecule has 1 aromatic rings. The standard InChI is InChI=1S/C15H23NO2/c1-3-13(16)15(18-10-11-8-9-11)12-6-4-5-7-14(12)17-2/h4-7,11,13,15H,3,8-10,16H2,1-2H3. The van der Waals surface area contributed by atoms with E-state index in [1.807, 2.05) is 24.3 Å². The van der Waals surface area contributed by atoms with Gasteiger partial charge in [0.1, 0.15) is 11.9 Å². The van der Waals surface area contributed by atoms with Gasteiger partial charge in [0.25, 0.3) is 0 Å². The molecule has 3 nitrogen and oxygen atoms in total. The normalized spacial score (nSPS) is 18.4. The fourth-order valence-corrected chi connectivity index (χ4v) is 2.08. The lowest BCUT2D eigenvalue weighted by Crippen LogP contribution is -2.30. The lowest BCUT2D eigenvalue weighted by Gasteiger charge is -2.25. The van der Waals surface area contributed by atoms with Crippen molar-refractivity contribution in [2.24, 2.45) is 11.7 Å². The predicted molar refractivity (Wildman–Crippen MR) is 72.7 cm³/mol. The number of hydrogen-bond acceptors (Lipinski definition) is 3. The molecule has 18 heavy (non-hydrogen) atoms. The highest BCUT2D eigenvalue weighted by Gasteiger charge is 2.27. The van der Waals surface area contributed by atoms with Gasteiger partial charge in [-0.25, -0.2) is 0 Å². The van der Waals surface area contributed by atoms with Crippen LogP contribution in [0.4, 0.5) is 0 Å². The number of hydrogen-bond donors (Lipinski definition) is 1. The van der Waals surface area contributed by atoms with Gasteiger partial charge in [0.05, 0.1) is 13.7 Å². The van der Waals surface area contributed by atoms with E-state index in [9.17, 15) is 0 Å². The summed E-state index contributed by atoms with van der Waals surface area (Å²) in [4.78, 5) is 0. The number of ether oxygens (including phenoxy) is 2. The zero-order chi connectivity index (χ0) is 13.0. The van der Waals surface area contributed by atoms with Crippen molar-refractivity contribution in [2.75, 3.05) is 13.7 Å². The monoisotopic (exact) mass is 249 g/mol. The maximum absolute atomic E-state index is 6.20. The van der Waals surface area contributed by atoms with Crippen LogP contribution < -0.4 is 10.5 Å². The summed E-state index contributed by atoms with van der Waals surface area (Å²) in [5, 5.41) is 0. The first kappa shape index (κ1) is 13.4. The lowest BCUT2D eigenvalue weighted by molar-refractivity contribution is 0.0253. The number of para-hydroxylation sites is 1. The third-order valence-electron chi connectivity index (χ3n) is 3.51. The summed E-state index contributed by atoms with van der Waals surface area (Å²) in [6.45, 7) is 2.91. The summed E-state index contributed by atoms with van der Waals surface area (Å²) >= 11 is 0. The molecule has 0 amide bonds. The van der Waals surface area contributed by atoms with Crippen LogP contribution in [0, 0.1) is 5.92 Å². The number of rotatable bonds is 7. The molecular formula is C15H23NO2. The summed E-state index contributed by atoms with van der Waals surface area (Å²) in [5.41, 5.74) is 7.26. The summed E-state index contributed by atoms with van der Waals surface area (Å²) in [6, 6.07) is 8.00. The Hall–Kier alpha value is -1.06. The fraction of sp³-hybridized carbons (Fsp3) is 0.600. The second kappa shape index (κ2) is 6.21. The Kier molecular flexibility index (Phi) is 4.61. The first-order valence-electron chi connectivity index (χ1n) is 6.76. The van der Waals surface area contributed by atoms with E-state index in [4.69, 9.17) is 15.2 Å². The van der Waals surface area contributed by atoms with Crippen LogP contribution in [0.15, 0.2) is 24.3 Å². The molecule has 3 heteroatoms. The van der Waals surface area contributed by atoms with Crippen molar-refractivity contribution in [1.82, 2.24) is 0 Å². The maximum Gasteiger partial charge on any atom is 0.124 e. The van der Waals surface area contributed by atoms with Crippen LogP contribution in [-0.4, -0.2) is 19.8 Å². The smallest absolute Gasteiger partial charge is 0.124 e. The summed E-state index contributed by atoms with van der Waals surface area (Å²) in [5.74, 6) is 1.61. The SMILES string of the molecule is CCC(N)C(OCC1CC1)c1ccccc1OC. The number of methoxy groups -OCH3 is 1. The molecule has 1 saturated carbocycles. The molecule has 1 fully saturated rings. The zero-order valence-electron chi connectivity index (χ0n) is 11.3. The predicted octanol–water partition coefficient (Wildman–Crippen LogP) is 2.90. The Balaban J connectivity index is 2.14. The van der Waals surface area contributed by atoms with E-state index in [0.29, 0.717) is 0 Å². The quantitative estimate of drug-likeness (QED) is 0.808. The van der Waals surface area contributed by atoms with Gasteiger partial charge >= 0.3 is 0 Å². The third kappa shape index (κ3) is 3.24. The van der Waals surface area contributed by atoms with Crippen molar-refractivity contribution in [2.45, 2.75) is 38.3 Å². The average Bonchev–Trinajstić information content (AvgIpc) is 3.23. The Labute approximate surface area is 109 Å². The topological polar surface area (TPSA) is 44.5 Å². The molecular weight excluding hydrogens is 226 g/mol. The molecule has 2 atom stereocenters. The number of benzene rings is 1.